The van der Waals surface area contributed by atoms with Crippen molar-refractivity contribution in [2.24, 2.45) is 0 Å². The molecule has 0 heterocycles. The molecular formula is C17H29NO. The van der Waals surface area contributed by atoms with Gasteiger partial charge in [0.05, 0.1) is 6.10 Å². The second-order valence-electron chi connectivity index (χ2n) is 5.72. The van der Waals surface area contributed by atoms with Crippen molar-refractivity contribution >= 4 is 0 Å². The average Bonchev–Trinajstić information content (AvgIpc) is 2.42. The van der Waals surface area contributed by atoms with Crippen molar-refractivity contribution in [2.75, 3.05) is 6.54 Å². The van der Waals surface area contributed by atoms with E-state index in [1.807, 2.05) is 19.1 Å². The minimum atomic E-state index is -0.428. The fourth-order valence-electron chi connectivity index (χ4n) is 2.18. The van der Waals surface area contributed by atoms with E-state index in [-0.39, 0.29) is 6.04 Å². The summed E-state index contributed by atoms with van der Waals surface area (Å²) in [5.74, 6) is 0.538. The molecule has 1 aromatic rings. The number of unbranched alkanes of at least 4 members (excludes halogenated alkanes) is 2. The van der Waals surface area contributed by atoms with E-state index >= 15 is 0 Å². The van der Waals surface area contributed by atoms with Gasteiger partial charge in [-0.05, 0) is 36.9 Å². The molecule has 2 unspecified atom stereocenters. The Morgan fingerprint density at radius 2 is 1.58 bits per heavy atom. The predicted molar refractivity (Wildman–Crippen MR) is 82.5 cm³/mol. The minimum absolute atomic E-state index is 0.0988. The van der Waals surface area contributed by atoms with Gasteiger partial charge in [-0.3, -0.25) is 0 Å². The summed E-state index contributed by atoms with van der Waals surface area (Å²) < 4.78 is 0. The lowest BCUT2D eigenvalue weighted by atomic mass is 9.98. The van der Waals surface area contributed by atoms with E-state index in [1.54, 1.807) is 0 Å². The van der Waals surface area contributed by atoms with E-state index < -0.39 is 6.10 Å². The van der Waals surface area contributed by atoms with Crippen LogP contribution in [-0.2, 0) is 0 Å². The Hall–Kier alpha value is -0.860. The lowest BCUT2D eigenvalue weighted by Gasteiger charge is -2.21. The molecule has 0 saturated carbocycles. The van der Waals surface area contributed by atoms with Gasteiger partial charge in [0.25, 0.3) is 0 Å². The first-order valence-electron chi connectivity index (χ1n) is 7.57. The Morgan fingerprint density at radius 3 is 2.11 bits per heavy atom. The van der Waals surface area contributed by atoms with Crippen LogP contribution in [0.1, 0.15) is 70.1 Å². The molecule has 0 amide bonds. The zero-order valence-corrected chi connectivity index (χ0v) is 12.8. The highest BCUT2D eigenvalue weighted by Gasteiger charge is 2.15. The van der Waals surface area contributed by atoms with Crippen LogP contribution in [0.4, 0.5) is 0 Å². The maximum absolute atomic E-state index is 10.3. The fourth-order valence-corrected chi connectivity index (χ4v) is 2.18. The van der Waals surface area contributed by atoms with Crippen molar-refractivity contribution in [1.29, 1.82) is 0 Å². The van der Waals surface area contributed by atoms with Crippen LogP contribution in [0, 0.1) is 0 Å². The van der Waals surface area contributed by atoms with Gasteiger partial charge in [0.2, 0.25) is 0 Å². The van der Waals surface area contributed by atoms with Crippen LogP contribution in [0.5, 0.6) is 0 Å². The molecule has 0 aliphatic carbocycles. The Morgan fingerprint density at radius 1 is 1.00 bits per heavy atom. The van der Waals surface area contributed by atoms with Gasteiger partial charge in [0, 0.05) is 6.04 Å². The van der Waals surface area contributed by atoms with Crippen LogP contribution in [0.2, 0.25) is 0 Å². The Kier molecular flexibility index (Phi) is 7.11. The second kappa shape index (κ2) is 8.34. The highest BCUT2D eigenvalue weighted by molar-refractivity contribution is 5.26. The molecule has 0 fully saturated rings. The summed E-state index contributed by atoms with van der Waals surface area (Å²) >= 11 is 0. The van der Waals surface area contributed by atoms with Crippen LogP contribution >= 0.6 is 0 Å². The van der Waals surface area contributed by atoms with E-state index in [0.717, 1.165) is 12.1 Å². The van der Waals surface area contributed by atoms with Crippen molar-refractivity contribution < 1.29 is 5.11 Å². The summed E-state index contributed by atoms with van der Waals surface area (Å²) in [7, 11) is 0. The number of aliphatic hydroxyl groups is 1. The highest BCUT2D eigenvalue weighted by Crippen LogP contribution is 2.20. The molecule has 2 atom stereocenters. The zero-order chi connectivity index (χ0) is 14.3. The van der Waals surface area contributed by atoms with Crippen molar-refractivity contribution in [2.45, 2.75) is 65.0 Å². The van der Waals surface area contributed by atoms with E-state index in [2.05, 4.69) is 38.2 Å². The molecule has 108 valence electrons. The largest absolute Gasteiger partial charge is 0.387 e. The molecule has 0 spiro atoms. The number of hydrogen-bond acceptors (Lipinski definition) is 2. The van der Waals surface area contributed by atoms with Crippen LogP contribution in [0.15, 0.2) is 24.3 Å². The Bertz CT molecular complexity index is 345. The van der Waals surface area contributed by atoms with E-state index in [9.17, 15) is 5.11 Å². The summed E-state index contributed by atoms with van der Waals surface area (Å²) in [6.07, 6.45) is 3.23. The maximum Gasteiger partial charge on any atom is 0.0940 e. The Balaban J connectivity index is 2.49. The number of rotatable bonds is 8. The van der Waals surface area contributed by atoms with Gasteiger partial charge >= 0.3 is 0 Å². The van der Waals surface area contributed by atoms with Gasteiger partial charge < -0.3 is 10.4 Å². The van der Waals surface area contributed by atoms with Crippen LogP contribution in [0.25, 0.3) is 0 Å². The van der Waals surface area contributed by atoms with E-state index in [1.165, 1.54) is 24.8 Å². The molecule has 2 heteroatoms. The quantitative estimate of drug-likeness (QED) is 0.695. The molecule has 0 saturated heterocycles. The maximum atomic E-state index is 10.3. The van der Waals surface area contributed by atoms with Gasteiger partial charge in [-0.1, -0.05) is 57.9 Å². The molecule has 1 aromatic carbocycles. The monoisotopic (exact) mass is 263 g/mol. The minimum Gasteiger partial charge on any atom is -0.387 e. The number of benzene rings is 1. The summed E-state index contributed by atoms with van der Waals surface area (Å²) in [5, 5.41) is 13.7. The van der Waals surface area contributed by atoms with Crippen LogP contribution in [-0.4, -0.2) is 17.7 Å². The van der Waals surface area contributed by atoms with Crippen molar-refractivity contribution in [3.63, 3.8) is 0 Å². The number of aliphatic hydroxyl groups excluding tert-OH is 1. The number of hydrogen-bond donors (Lipinski definition) is 2. The molecule has 0 bridgehead atoms. The molecule has 2 nitrogen and oxygen atoms in total. The van der Waals surface area contributed by atoms with E-state index in [4.69, 9.17) is 0 Å². The molecule has 1 rings (SSSR count). The van der Waals surface area contributed by atoms with E-state index in [0.29, 0.717) is 5.92 Å². The van der Waals surface area contributed by atoms with Crippen molar-refractivity contribution in [3.8, 4) is 0 Å². The van der Waals surface area contributed by atoms with Crippen molar-refractivity contribution in [1.82, 2.24) is 5.32 Å². The van der Waals surface area contributed by atoms with Crippen LogP contribution in [0.3, 0.4) is 0 Å². The third kappa shape index (κ3) is 5.33. The first-order valence-corrected chi connectivity index (χ1v) is 7.57. The highest BCUT2D eigenvalue weighted by atomic mass is 16.3. The molecular weight excluding hydrogens is 234 g/mol. The smallest absolute Gasteiger partial charge is 0.0940 e. The molecule has 0 radical (unpaired) electrons. The van der Waals surface area contributed by atoms with Crippen molar-refractivity contribution in [3.05, 3.63) is 35.4 Å². The fraction of sp³-hybridized carbons (Fsp3) is 0.647. The SMILES string of the molecule is CCCCCNC(C)C(O)c1ccc(C(C)C)cc1. The third-order valence-corrected chi connectivity index (χ3v) is 3.66. The first kappa shape index (κ1) is 16.2. The van der Waals surface area contributed by atoms with Gasteiger partial charge in [0.1, 0.15) is 0 Å². The lowest BCUT2D eigenvalue weighted by Crippen LogP contribution is -2.32. The summed E-state index contributed by atoms with van der Waals surface area (Å²) in [4.78, 5) is 0. The average molecular weight is 263 g/mol. The molecule has 0 aromatic heterocycles. The summed E-state index contributed by atoms with van der Waals surface area (Å²) in [6.45, 7) is 9.60. The van der Waals surface area contributed by atoms with Crippen LogP contribution < -0.4 is 5.32 Å². The van der Waals surface area contributed by atoms with Gasteiger partial charge in [0.15, 0.2) is 0 Å². The normalized spacial score (nSPS) is 14.6. The number of nitrogens with one attached hydrogen (secondary N) is 1. The molecule has 0 aliphatic heterocycles. The molecule has 0 aliphatic rings. The second-order valence-corrected chi connectivity index (χ2v) is 5.72. The summed E-state index contributed by atoms with van der Waals surface area (Å²) in [5.41, 5.74) is 2.32. The molecule has 2 N–H and O–H groups in total. The predicted octanol–water partition coefficient (Wildman–Crippen LogP) is 4.01. The third-order valence-electron chi connectivity index (χ3n) is 3.66. The molecule has 19 heavy (non-hydrogen) atoms. The Labute approximate surface area is 118 Å². The van der Waals surface area contributed by atoms with Gasteiger partial charge in [-0.15, -0.1) is 0 Å². The standard InChI is InChI=1S/C17H29NO/c1-5-6-7-12-18-14(4)17(19)16-10-8-15(9-11-16)13(2)3/h8-11,13-14,17-19H,5-7,12H2,1-4H3. The zero-order valence-electron chi connectivity index (χ0n) is 12.8. The lowest BCUT2D eigenvalue weighted by molar-refractivity contribution is 0.136. The first-order chi connectivity index (χ1) is 9.06. The van der Waals surface area contributed by atoms with Gasteiger partial charge in [-0.25, -0.2) is 0 Å². The van der Waals surface area contributed by atoms with Gasteiger partial charge in [-0.2, -0.15) is 0 Å². The summed E-state index contributed by atoms with van der Waals surface area (Å²) in [6, 6.07) is 8.43. The topological polar surface area (TPSA) is 32.3 Å².